The number of unbranched alkanes of at least 4 members (excludes halogenated alkanes) is 9. The van der Waals surface area contributed by atoms with Crippen LogP contribution >= 0.6 is 0 Å². The predicted octanol–water partition coefficient (Wildman–Crippen LogP) is 10.3. The minimum atomic E-state index is -0.274. The largest absolute Gasteiger partial charge is 0.462 e. The van der Waals surface area contributed by atoms with E-state index in [9.17, 15) is 4.79 Å². The molecule has 0 fully saturated rings. The second-order valence-corrected chi connectivity index (χ2v) is 11.6. The van der Waals surface area contributed by atoms with Crippen molar-refractivity contribution in [2.45, 2.75) is 98.8 Å². The molecule has 230 valence electrons. The molecule has 1 heterocycles. The maximum Gasteiger partial charge on any atom is 0.338 e. The Balaban J connectivity index is 1.60. The lowest BCUT2D eigenvalue weighted by molar-refractivity contribution is 0.0498. The van der Waals surface area contributed by atoms with Crippen molar-refractivity contribution in [2.75, 3.05) is 25.0 Å². The van der Waals surface area contributed by atoms with Gasteiger partial charge in [0.2, 0.25) is 0 Å². The van der Waals surface area contributed by atoms with Crippen molar-refractivity contribution in [3.63, 3.8) is 0 Å². The highest BCUT2D eigenvalue weighted by atomic mass is 16.5. The van der Waals surface area contributed by atoms with Crippen LogP contribution in [0.25, 0.3) is 33.4 Å². The molecule has 2 aromatic rings. The fourth-order valence-electron chi connectivity index (χ4n) is 5.91. The highest BCUT2D eigenvalue weighted by Gasteiger charge is 2.23. The van der Waals surface area contributed by atoms with Crippen molar-refractivity contribution in [3.8, 4) is 22.5 Å². The molecular weight excluding hydrogens is 532 g/mol. The minimum absolute atomic E-state index is 0.274. The zero-order valence-electron chi connectivity index (χ0n) is 27.0. The summed E-state index contributed by atoms with van der Waals surface area (Å²) in [4.78, 5) is 18.2. The number of benzene rings is 3. The molecule has 4 rings (SSSR count). The summed E-state index contributed by atoms with van der Waals surface area (Å²) in [6.07, 6.45) is 12.5. The van der Waals surface area contributed by atoms with Gasteiger partial charge in [-0.1, -0.05) is 82.9 Å². The number of hydrogen-bond acceptors (Lipinski definition) is 5. The first-order chi connectivity index (χ1) is 21.0. The summed E-state index contributed by atoms with van der Waals surface area (Å²) in [5, 5.41) is 5.34. The molecule has 2 aromatic carbocycles. The van der Waals surface area contributed by atoms with E-state index in [0.29, 0.717) is 18.7 Å². The Kier molecular flexibility index (Phi) is 12.3. The van der Waals surface area contributed by atoms with E-state index in [-0.39, 0.29) is 5.97 Å². The fraction of sp³-hybridized carbons (Fsp3) is 0.474. The summed E-state index contributed by atoms with van der Waals surface area (Å²) >= 11 is 0. The Labute approximate surface area is 258 Å². The Morgan fingerprint density at radius 3 is 2.21 bits per heavy atom. The quantitative estimate of drug-likeness (QED) is 0.0811. The fourth-order valence-corrected chi connectivity index (χ4v) is 5.91. The number of hydrogen-bond donors (Lipinski definition) is 1. The summed E-state index contributed by atoms with van der Waals surface area (Å²) in [5.74, 6) is 0.476. The zero-order valence-corrected chi connectivity index (χ0v) is 27.0. The van der Waals surface area contributed by atoms with Crippen LogP contribution in [0.4, 0.5) is 5.69 Å². The Bertz CT molecular complexity index is 1530. The van der Waals surface area contributed by atoms with E-state index in [1.54, 1.807) is 0 Å². The minimum Gasteiger partial charge on any atom is -0.462 e. The monoisotopic (exact) mass is 582 g/mol. The number of carbonyl (C=O) groups is 1. The van der Waals surface area contributed by atoms with E-state index in [2.05, 4.69) is 56.2 Å². The molecule has 43 heavy (non-hydrogen) atoms. The van der Waals surface area contributed by atoms with Gasteiger partial charge in [0, 0.05) is 47.4 Å². The molecule has 0 saturated heterocycles. The average molecular weight is 583 g/mol. The molecule has 0 unspecified atom stereocenters. The summed E-state index contributed by atoms with van der Waals surface area (Å²) in [6, 6.07) is 16.2. The number of carbonyl (C=O) groups excluding carboxylic acids is 1. The van der Waals surface area contributed by atoms with Gasteiger partial charge in [-0.25, -0.2) is 4.79 Å². The van der Waals surface area contributed by atoms with Crippen LogP contribution in [0.3, 0.4) is 0 Å². The highest BCUT2D eigenvalue weighted by Crippen LogP contribution is 2.43. The lowest BCUT2D eigenvalue weighted by Gasteiger charge is -2.20. The van der Waals surface area contributed by atoms with Gasteiger partial charge in [-0.05, 0) is 69.0 Å². The first-order valence-electron chi connectivity index (χ1n) is 16.5. The van der Waals surface area contributed by atoms with Crippen molar-refractivity contribution >= 4 is 22.6 Å². The molecule has 0 aromatic heterocycles. The molecule has 0 bridgehead atoms. The van der Waals surface area contributed by atoms with Gasteiger partial charge in [0.25, 0.3) is 0 Å². The van der Waals surface area contributed by atoms with Crippen molar-refractivity contribution in [1.29, 1.82) is 0 Å². The Hall–Kier alpha value is -3.60. The van der Waals surface area contributed by atoms with E-state index in [1.165, 1.54) is 51.4 Å². The zero-order chi connectivity index (χ0) is 30.6. The molecule has 0 radical (unpaired) electrons. The average Bonchev–Trinajstić information content (AvgIpc) is 3.00. The Morgan fingerprint density at radius 1 is 0.814 bits per heavy atom. The van der Waals surface area contributed by atoms with E-state index in [1.807, 2.05) is 37.3 Å². The topological polar surface area (TPSA) is 63.8 Å². The smallest absolute Gasteiger partial charge is 0.338 e. The van der Waals surface area contributed by atoms with Gasteiger partial charge in [-0.2, -0.15) is 0 Å². The van der Waals surface area contributed by atoms with Crippen LogP contribution in [0.5, 0.6) is 0 Å². The molecule has 5 heteroatoms. The number of rotatable bonds is 16. The van der Waals surface area contributed by atoms with Gasteiger partial charge in [-0.15, -0.1) is 0 Å². The number of nitrogens with one attached hydrogen (secondary N) is 1. The number of nitrogens with zero attached hydrogens (tertiary/aromatic N) is 1. The maximum absolute atomic E-state index is 13.5. The van der Waals surface area contributed by atoms with Crippen molar-refractivity contribution in [3.05, 3.63) is 70.6 Å². The van der Waals surface area contributed by atoms with E-state index >= 15 is 0 Å². The lowest BCUT2D eigenvalue weighted by atomic mass is 9.89. The molecule has 0 spiro atoms. The molecular formula is C38H50N2O3. The van der Waals surface area contributed by atoms with Crippen molar-refractivity contribution in [2.24, 2.45) is 4.99 Å². The molecule has 2 aliphatic rings. The SMILES string of the molecule is CCCCCCCCCCCCOC(=O)c1ccccc1-c1c2cc(C)/c(=N\CC)cc-2oc2cc(NCC)c(C)cc12. The van der Waals surface area contributed by atoms with Gasteiger partial charge in [0.15, 0.2) is 0 Å². The molecule has 1 N–H and O–H groups in total. The van der Waals surface area contributed by atoms with Crippen LogP contribution < -0.4 is 10.7 Å². The van der Waals surface area contributed by atoms with E-state index < -0.39 is 0 Å². The Morgan fingerprint density at radius 2 is 1.51 bits per heavy atom. The molecule has 5 nitrogen and oxygen atoms in total. The summed E-state index contributed by atoms with van der Waals surface area (Å²) in [7, 11) is 0. The third-order valence-corrected chi connectivity index (χ3v) is 8.23. The number of ether oxygens (including phenoxy) is 1. The van der Waals surface area contributed by atoms with Gasteiger partial charge in [0.1, 0.15) is 11.3 Å². The number of fused-ring (bicyclic) bond motifs is 2. The number of aryl methyl sites for hydroxylation is 2. The summed E-state index contributed by atoms with van der Waals surface area (Å²) in [5.41, 5.74) is 7.40. The molecule has 1 aliphatic carbocycles. The molecule has 0 atom stereocenters. The predicted molar refractivity (Wildman–Crippen MR) is 180 cm³/mol. The van der Waals surface area contributed by atoms with Crippen molar-refractivity contribution < 1.29 is 13.9 Å². The first kappa shape index (κ1) is 32.3. The van der Waals surface area contributed by atoms with E-state index in [0.717, 1.165) is 75.0 Å². The van der Waals surface area contributed by atoms with Crippen LogP contribution in [0.15, 0.2) is 57.9 Å². The van der Waals surface area contributed by atoms with Crippen LogP contribution in [-0.4, -0.2) is 25.7 Å². The second-order valence-electron chi connectivity index (χ2n) is 11.6. The van der Waals surface area contributed by atoms with Crippen LogP contribution in [-0.2, 0) is 4.74 Å². The third-order valence-electron chi connectivity index (χ3n) is 8.23. The first-order valence-corrected chi connectivity index (χ1v) is 16.5. The maximum atomic E-state index is 13.5. The molecule has 1 aliphatic heterocycles. The van der Waals surface area contributed by atoms with Crippen LogP contribution in [0.1, 0.15) is 106 Å². The van der Waals surface area contributed by atoms with Gasteiger partial charge < -0.3 is 14.5 Å². The van der Waals surface area contributed by atoms with Crippen LogP contribution in [0, 0.1) is 13.8 Å². The standard InChI is InChI=1S/C38H50N2O3/c1-6-9-10-11-12-13-14-15-16-19-22-42-38(41)30-21-18-17-20-29(30)37-31-23-27(4)33(39-7-2)25-35(31)43-36-26-34(40-8-3)28(5)24-32(36)37/h17-18,20-21,23-26,39H,6-16,19,22H2,1-5H3/b40-34-. The van der Waals surface area contributed by atoms with E-state index in [4.69, 9.17) is 9.15 Å². The van der Waals surface area contributed by atoms with Crippen molar-refractivity contribution in [1.82, 2.24) is 0 Å². The lowest BCUT2D eigenvalue weighted by Crippen LogP contribution is -2.11. The number of esters is 1. The molecule has 0 amide bonds. The highest BCUT2D eigenvalue weighted by molar-refractivity contribution is 6.08. The summed E-state index contributed by atoms with van der Waals surface area (Å²) in [6.45, 7) is 12.5. The van der Waals surface area contributed by atoms with Gasteiger partial charge >= 0.3 is 5.97 Å². The van der Waals surface area contributed by atoms with Crippen LogP contribution in [0.2, 0.25) is 0 Å². The van der Waals surface area contributed by atoms with Gasteiger partial charge in [-0.3, -0.25) is 4.99 Å². The normalized spacial score (nSPS) is 11.9. The third kappa shape index (κ3) is 8.28. The second kappa shape index (κ2) is 16.3. The van der Waals surface area contributed by atoms with Gasteiger partial charge in [0.05, 0.1) is 17.5 Å². The molecule has 0 saturated carbocycles. The number of anilines is 1. The summed E-state index contributed by atoms with van der Waals surface area (Å²) < 4.78 is 12.4.